The zero-order valence-corrected chi connectivity index (χ0v) is 13.5. The fourth-order valence-corrected chi connectivity index (χ4v) is 1.79. The predicted octanol–water partition coefficient (Wildman–Crippen LogP) is 4.32. The van der Waals surface area contributed by atoms with Gasteiger partial charge in [0.05, 0.1) is 5.92 Å². The van der Waals surface area contributed by atoms with Crippen molar-refractivity contribution in [3.63, 3.8) is 0 Å². The summed E-state index contributed by atoms with van der Waals surface area (Å²) >= 11 is 0. The van der Waals surface area contributed by atoms with Gasteiger partial charge in [-0.2, -0.15) is 4.89 Å². The van der Waals surface area contributed by atoms with Crippen molar-refractivity contribution in [3.8, 4) is 0 Å². The van der Waals surface area contributed by atoms with Crippen LogP contribution in [0.1, 0.15) is 73.1 Å². The lowest BCUT2D eigenvalue weighted by Crippen LogP contribution is -2.34. The molecule has 0 fully saturated rings. The van der Waals surface area contributed by atoms with Crippen LogP contribution in [0.5, 0.6) is 0 Å². The summed E-state index contributed by atoms with van der Waals surface area (Å²) in [6.45, 7) is 9.69. The van der Waals surface area contributed by atoms with Crippen molar-refractivity contribution in [2.24, 2.45) is 11.8 Å². The van der Waals surface area contributed by atoms with Gasteiger partial charge in [0.15, 0.2) is 0 Å². The Kier molecular flexibility index (Phi) is 9.80. The molecule has 0 saturated carbocycles. The van der Waals surface area contributed by atoms with Crippen molar-refractivity contribution in [1.29, 1.82) is 0 Å². The molecule has 0 aromatic carbocycles. The zero-order chi connectivity index (χ0) is 15.6. The highest BCUT2D eigenvalue weighted by Crippen LogP contribution is 2.23. The minimum atomic E-state index is -1.30. The highest BCUT2D eigenvalue weighted by Gasteiger charge is 2.31. The fourth-order valence-electron chi connectivity index (χ4n) is 1.79. The molecule has 0 aliphatic carbocycles. The molecule has 0 aromatic rings. The number of hydrogen-bond donors (Lipinski definition) is 1. The molecule has 0 rings (SSSR count). The van der Waals surface area contributed by atoms with Crippen LogP contribution in [0.3, 0.4) is 0 Å². The van der Waals surface area contributed by atoms with Crippen LogP contribution in [0.4, 0.5) is 0 Å². The Hall–Kier alpha value is -0.650. The summed E-state index contributed by atoms with van der Waals surface area (Å²) in [6.07, 6.45) is 4.76. The summed E-state index contributed by atoms with van der Waals surface area (Å²) in [7, 11) is 0. The number of hydrogen-bond acceptors (Lipinski definition) is 5. The summed E-state index contributed by atoms with van der Waals surface area (Å²) in [4.78, 5) is 26.1. The molecule has 5 heteroatoms. The van der Waals surface area contributed by atoms with E-state index in [0.29, 0.717) is 18.8 Å². The van der Waals surface area contributed by atoms with Gasteiger partial charge >= 0.3 is 5.97 Å². The molecule has 0 spiro atoms. The molecule has 0 amide bonds. The lowest BCUT2D eigenvalue weighted by molar-refractivity contribution is -0.480. The van der Waals surface area contributed by atoms with Crippen LogP contribution >= 0.6 is 0 Å². The number of rotatable bonds is 11. The molecule has 2 atom stereocenters. The van der Waals surface area contributed by atoms with Crippen LogP contribution < -0.4 is 0 Å². The minimum absolute atomic E-state index is 0.164. The summed E-state index contributed by atoms with van der Waals surface area (Å²) in [5.74, 6) is -1.42. The Balaban J connectivity index is 4.28. The third-order valence-electron chi connectivity index (χ3n) is 3.40. The summed E-state index contributed by atoms with van der Waals surface area (Å²) in [6, 6.07) is 0. The molecule has 0 aliphatic heterocycles. The second-order valence-corrected chi connectivity index (χ2v) is 5.89. The van der Waals surface area contributed by atoms with Crippen LogP contribution in [0.15, 0.2) is 0 Å². The maximum atomic E-state index is 11.9. The highest BCUT2D eigenvalue weighted by molar-refractivity contribution is 5.71. The Bertz CT molecular complexity index is 267. The van der Waals surface area contributed by atoms with Crippen LogP contribution in [-0.2, 0) is 19.5 Å². The summed E-state index contributed by atoms with van der Waals surface area (Å²) in [5.41, 5.74) is 0. The molecule has 2 unspecified atom stereocenters. The normalized spacial score (nSPS) is 15.9. The lowest BCUT2D eigenvalue weighted by atomic mass is 10.00. The number of unbranched alkanes of at least 4 members (excludes halogenated alkanes) is 1. The molecule has 20 heavy (non-hydrogen) atoms. The predicted molar refractivity (Wildman–Crippen MR) is 76.7 cm³/mol. The Morgan fingerprint density at radius 1 is 1.25 bits per heavy atom. The third kappa shape index (κ3) is 7.82. The quantitative estimate of drug-likeness (QED) is 0.349. The fraction of sp³-hybridized carbons (Fsp3) is 0.933. The summed E-state index contributed by atoms with van der Waals surface area (Å²) in [5, 5.41) is 8.93. The average Bonchev–Trinajstić information content (AvgIpc) is 2.43. The lowest BCUT2D eigenvalue weighted by Gasteiger charge is -2.25. The van der Waals surface area contributed by atoms with Gasteiger partial charge in [-0.05, 0) is 32.1 Å². The molecule has 0 bridgehead atoms. The first-order valence-electron chi connectivity index (χ1n) is 7.60. The monoisotopic (exact) mass is 290 g/mol. The minimum Gasteiger partial charge on any atom is -0.295 e. The first-order chi connectivity index (χ1) is 9.38. The van der Waals surface area contributed by atoms with E-state index in [0.717, 1.165) is 25.7 Å². The maximum absolute atomic E-state index is 11.9. The van der Waals surface area contributed by atoms with E-state index in [1.165, 1.54) is 0 Å². The van der Waals surface area contributed by atoms with Crippen LogP contribution in [0.2, 0.25) is 0 Å². The number of carbonyl (C=O) groups is 1. The highest BCUT2D eigenvalue weighted by atomic mass is 17.3. The molecule has 0 aliphatic rings. The van der Waals surface area contributed by atoms with Crippen LogP contribution in [-0.4, -0.2) is 17.0 Å². The summed E-state index contributed by atoms with van der Waals surface area (Å²) < 4.78 is 0. The molecule has 0 radical (unpaired) electrons. The first-order valence-corrected chi connectivity index (χ1v) is 7.60. The SMILES string of the molecule is CCCCC(CC)C(=O)OOC(C)(CCC(C)C)OO. The van der Waals surface area contributed by atoms with Gasteiger partial charge in [-0.25, -0.2) is 10.1 Å². The average molecular weight is 290 g/mol. The van der Waals surface area contributed by atoms with Crippen LogP contribution in [0, 0.1) is 11.8 Å². The van der Waals surface area contributed by atoms with Gasteiger partial charge in [0.2, 0.25) is 5.79 Å². The molecule has 5 nitrogen and oxygen atoms in total. The Morgan fingerprint density at radius 2 is 1.90 bits per heavy atom. The van der Waals surface area contributed by atoms with E-state index < -0.39 is 11.8 Å². The van der Waals surface area contributed by atoms with E-state index in [4.69, 9.17) is 15.0 Å². The van der Waals surface area contributed by atoms with E-state index in [1.807, 2.05) is 6.92 Å². The van der Waals surface area contributed by atoms with Gasteiger partial charge in [0.1, 0.15) is 0 Å². The first kappa shape index (κ1) is 19.4. The van der Waals surface area contributed by atoms with Gasteiger partial charge in [-0.3, -0.25) is 4.89 Å². The molecule has 120 valence electrons. The van der Waals surface area contributed by atoms with E-state index >= 15 is 0 Å². The smallest absolute Gasteiger partial charge is 0.295 e. The van der Waals surface area contributed by atoms with E-state index in [-0.39, 0.29) is 5.92 Å². The second-order valence-electron chi connectivity index (χ2n) is 5.89. The molecular formula is C15H30O5. The molecular weight excluding hydrogens is 260 g/mol. The Labute approximate surface area is 122 Å². The zero-order valence-electron chi connectivity index (χ0n) is 13.5. The van der Waals surface area contributed by atoms with Crippen molar-refractivity contribution in [2.75, 3.05) is 0 Å². The topological polar surface area (TPSA) is 65.0 Å². The van der Waals surface area contributed by atoms with Crippen molar-refractivity contribution in [3.05, 3.63) is 0 Å². The largest absolute Gasteiger partial charge is 0.345 e. The van der Waals surface area contributed by atoms with E-state index in [9.17, 15) is 4.79 Å². The van der Waals surface area contributed by atoms with E-state index in [1.54, 1.807) is 6.92 Å². The van der Waals surface area contributed by atoms with Gasteiger partial charge in [-0.1, -0.05) is 40.5 Å². The third-order valence-corrected chi connectivity index (χ3v) is 3.40. The van der Waals surface area contributed by atoms with Crippen LogP contribution in [0.25, 0.3) is 0 Å². The van der Waals surface area contributed by atoms with Gasteiger partial charge in [0.25, 0.3) is 0 Å². The molecule has 1 N–H and O–H groups in total. The molecule has 0 aromatic heterocycles. The number of carbonyl (C=O) groups excluding carboxylic acids is 1. The second kappa shape index (κ2) is 10.1. The van der Waals surface area contributed by atoms with Crippen molar-refractivity contribution < 1.29 is 24.7 Å². The standard InChI is InChI=1S/C15H30O5/c1-6-8-9-13(7-2)14(16)18-20-15(5,19-17)11-10-12(3)4/h12-13,17H,6-11H2,1-5H3. The maximum Gasteiger partial charge on any atom is 0.345 e. The van der Waals surface area contributed by atoms with Gasteiger partial charge in [0, 0.05) is 6.42 Å². The van der Waals surface area contributed by atoms with Crippen molar-refractivity contribution in [1.82, 2.24) is 0 Å². The van der Waals surface area contributed by atoms with E-state index in [2.05, 4.69) is 25.7 Å². The molecule has 0 saturated heterocycles. The van der Waals surface area contributed by atoms with Crippen molar-refractivity contribution in [2.45, 2.75) is 78.9 Å². The van der Waals surface area contributed by atoms with Gasteiger partial charge < -0.3 is 0 Å². The Morgan fingerprint density at radius 3 is 2.35 bits per heavy atom. The molecule has 0 heterocycles. The van der Waals surface area contributed by atoms with Crippen molar-refractivity contribution >= 4 is 5.97 Å². The van der Waals surface area contributed by atoms with Gasteiger partial charge in [-0.15, -0.1) is 4.89 Å².